The molecule has 0 bridgehead atoms. The van der Waals surface area contributed by atoms with Crippen molar-refractivity contribution in [2.24, 2.45) is 12.0 Å². The van der Waals surface area contributed by atoms with Crippen LogP contribution in [0, 0.1) is 6.92 Å². The highest BCUT2D eigenvalue weighted by Crippen LogP contribution is 2.29. The highest BCUT2D eigenvalue weighted by Gasteiger charge is 2.26. The topological polar surface area (TPSA) is 105 Å². The number of aliphatic imine (C=N–C) groups is 1. The summed E-state index contributed by atoms with van der Waals surface area (Å²) in [5, 5.41) is 5.20. The summed E-state index contributed by atoms with van der Waals surface area (Å²) in [4.78, 5) is 16.4. The molecule has 1 aliphatic rings. The van der Waals surface area contributed by atoms with Gasteiger partial charge in [-0.1, -0.05) is 0 Å². The number of hydrogen-bond acceptors (Lipinski definition) is 6. The molecular formula is C19H18N8O. The molecule has 28 heavy (non-hydrogen) atoms. The fourth-order valence-corrected chi connectivity index (χ4v) is 3.17. The van der Waals surface area contributed by atoms with Gasteiger partial charge in [0.2, 0.25) is 0 Å². The van der Waals surface area contributed by atoms with Crippen LogP contribution in [0.5, 0.6) is 0 Å². The quantitative estimate of drug-likeness (QED) is 0.509. The molecule has 1 unspecified atom stereocenters. The molecule has 9 nitrogen and oxygen atoms in total. The molecule has 0 radical (unpaired) electrons. The van der Waals surface area contributed by atoms with Gasteiger partial charge in [-0.25, -0.2) is 4.98 Å². The van der Waals surface area contributed by atoms with Gasteiger partial charge in [0.25, 0.3) is 0 Å². The van der Waals surface area contributed by atoms with E-state index in [1.807, 2.05) is 50.9 Å². The van der Waals surface area contributed by atoms with Crippen molar-refractivity contribution < 1.29 is 4.74 Å². The highest BCUT2D eigenvalue weighted by molar-refractivity contribution is 5.86. The van der Waals surface area contributed by atoms with Gasteiger partial charge in [0.1, 0.15) is 5.65 Å². The van der Waals surface area contributed by atoms with Crippen molar-refractivity contribution in [2.45, 2.75) is 13.2 Å². The Bertz CT molecular complexity index is 1190. The summed E-state index contributed by atoms with van der Waals surface area (Å²) < 4.78 is 7.73. The fraction of sp³-hybridized carbons (Fsp3) is 0.158. The monoisotopic (exact) mass is 374 g/mol. The third-order valence-corrected chi connectivity index (χ3v) is 4.62. The van der Waals surface area contributed by atoms with E-state index >= 15 is 0 Å². The van der Waals surface area contributed by atoms with Gasteiger partial charge in [0, 0.05) is 53.9 Å². The minimum atomic E-state index is -0.393. The zero-order valence-corrected chi connectivity index (χ0v) is 15.3. The number of nitrogens with one attached hydrogen (secondary N) is 3. The normalized spacial score (nSPS) is 17.8. The number of aromatic amines is 1. The molecule has 1 atom stereocenters. The average Bonchev–Trinajstić information content (AvgIpc) is 3.42. The van der Waals surface area contributed by atoms with Crippen LogP contribution in [0.2, 0.25) is 0 Å². The van der Waals surface area contributed by atoms with Crippen molar-refractivity contribution in [1.29, 1.82) is 0 Å². The number of hydrazine groups is 1. The number of pyridine rings is 2. The number of ether oxygens (including phenoxy) is 1. The van der Waals surface area contributed by atoms with Crippen LogP contribution in [0.3, 0.4) is 0 Å². The first-order valence-corrected chi connectivity index (χ1v) is 8.82. The zero-order chi connectivity index (χ0) is 19.1. The van der Waals surface area contributed by atoms with E-state index in [1.54, 1.807) is 10.9 Å². The van der Waals surface area contributed by atoms with Gasteiger partial charge in [0.15, 0.2) is 6.23 Å². The summed E-state index contributed by atoms with van der Waals surface area (Å²) in [6.45, 7) is 1.91. The summed E-state index contributed by atoms with van der Waals surface area (Å²) in [6, 6.07) is 6.21. The Morgan fingerprint density at radius 2 is 2.14 bits per heavy atom. The van der Waals surface area contributed by atoms with Crippen LogP contribution in [0.1, 0.15) is 17.5 Å². The molecule has 1 aliphatic heterocycles. The van der Waals surface area contributed by atoms with Gasteiger partial charge >= 0.3 is 6.02 Å². The van der Waals surface area contributed by atoms with E-state index in [0.29, 0.717) is 6.02 Å². The van der Waals surface area contributed by atoms with Crippen molar-refractivity contribution in [3.63, 3.8) is 0 Å². The molecule has 140 valence electrons. The van der Waals surface area contributed by atoms with Gasteiger partial charge in [-0.2, -0.15) is 15.5 Å². The Morgan fingerprint density at radius 3 is 2.96 bits per heavy atom. The van der Waals surface area contributed by atoms with Crippen LogP contribution in [-0.4, -0.2) is 30.8 Å². The van der Waals surface area contributed by atoms with Gasteiger partial charge < -0.3 is 9.72 Å². The maximum atomic E-state index is 5.96. The van der Waals surface area contributed by atoms with E-state index in [4.69, 9.17) is 4.74 Å². The molecule has 1 saturated heterocycles. The molecule has 4 aromatic rings. The van der Waals surface area contributed by atoms with E-state index in [1.165, 1.54) is 0 Å². The van der Waals surface area contributed by atoms with E-state index in [2.05, 4.69) is 42.0 Å². The van der Waals surface area contributed by atoms with E-state index in [0.717, 1.165) is 39.1 Å². The van der Waals surface area contributed by atoms with Crippen LogP contribution in [0.25, 0.3) is 22.2 Å². The molecular weight excluding hydrogens is 356 g/mol. The van der Waals surface area contributed by atoms with Gasteiger partial charge in [0.05, 0.1) is 17.6 Å². The summed E-state index contributed by atoms with van der Waals surface area (Å²) in [7, 11) is 1.89. The first-order chi connectivity index (χ1) is 13.7. The highest BCUT2D eigenvalue weighted by atomic mass is 16.5. The second kappa shape index (κ2) is 6.46. The number of H-pyrrole nitrogens is 1. The largest absolute Gasteiger partial charge is 0.439 e. The van der Waals surface area contributed by atoms with Crippen molar-refractivity contribution in [2.75, 3.05) is 0 Å². The summed E-state index contributed by atoms with van der Waals surface area (Å²) in [6.07, 6.45) is 8.85. The molecule has 4 aromatic heterocycles. The number of nitrogens with zero attached hydrogens (tertiary/aromatic N) is 5. The predicted molar refractivity (Wildman–Crippen MR) is 104 cm³/mol. The number of amidine groups is 1. The van der Waals surface area contributed by atoms with Crippen LogP contribution in [-0.2, 0) is 11.8 Å². The predicted octanol–water partition coefficient (Wildman–Crippen LogP) is 2.48. The molecule has 0 aliphatic carbocycles. The molecule has 0 aromatic carbocycles. The zero-order valence-electron chi connectivity index (χ0n) is 15.3. The second-order valence-electron chi connectivity index (χ2n) is 6.56. The summed E-state index contributed by atoms with van der Waals surface area (Å²) in [5.41, 5.74) is 11.4. The summed E-state index contributed by atoms with van der Waals surface area (Å²) in [5.74, 6) is 0. The van der Waals surface area contributed by atoms with E-state index in [-0.39, 0.29) is 0 Å². The lowest BCUT2D eigenvalue weighted by Gasteiger charge is -2.07. The average molecular weight is 374 g/mol. The number of fused-ring (bicyclic) bond motifs is 1. The molecule has 0 amide bonds. The van der Waals surface area contributed by atoms with Crippen LogP contribution in [0.4, 0.5) is 5.69 Å². The van der Waals surface area contributed by atoms with Crippen molar-refractivity contribution in [3.8, 4) is 11.1 Å². The first kappa shape index (κ1) is 16.5. The number of rotatable bonds is 3. The van der Waals surface area contributed by atoms with E-state index in [9.17, 15) is 0 Å². The van der Waals surface area contributed by atoms with Gasteiger partial charge in [-0.15, -0.1) is 0 Å². The molecule has 0 saturated carbocycles. The Balaban J connectivity index is 1.46. The lowest BCUT2D eigenvalue weighted by molar-refractivity contribution is 0.201. The maximum Gasteiger partial charge on any atom is 0.306 e. The summed E-state index contributed by atoms with van der Waals surface area (Å²) >= 11 is 0. The molecule has 0 spiro atoms. The lowest BCUT2D eigenvalue weighted by atomic mass is 10.1. The third-order valence-electron chi connectivity index (χ3n) is 4.62. The Morgan fingerprint density at radius 1 is 1.21 bits per heavy atom. The first-order valence-electron chi connectivity index (χ1n) is 8.82. The Labute approximate surface area is 160 Å². The molecule has 5 heterocycles. The third kappa shape index (κ3) is 2.87. The molecule has 5 rings (SSSR count). The van der Waals surface area contributed by atoms with Gasteiger partial charge in [-0.05, 0) is 25.1 Å². The maximum absolute atomic E-state index is 5.96. The fourth-order valence-electron chi connectivity index (χ4n) is 3.17. The van der Waals surface area contributed by atoms with Crippen LogP contribution >= 0.6 is 0 Å². The van der Waals surface area contributed by atoms with Crippen molar-refractivity contribution in [1.82, 2.24) is 35.6 Å². The SMILES string of the molecule is Cc1ncccc1N=C1NNC(c2c[nH]c3ncc(-c4cnn(C)c4)cc23)O1. The molecule has 1 fully saturated rings. The molecule has 9 heteroatoms. The minimum Gasteiger partial charge on any atom is -0.439 e. The number of aromatic nitrogens is 5. The van der Waals surface area contributed by atoms with Crippen LogP contribution < -0.4 is 10.9 Å². The van der Waals surface area contributed by atoms with Crippen molar-refractivity contribution in [3.05, 3.63) is 60.4 Å². The van der Waals surface area contributed by atoms with Gasteiger partial charge in [-0.3, -0.25) is 15.1 Å². The lowest BCUT2D eigenvalue weighted by Crippen LogP contribution is -2.27. The van der Waals surface area contributed by atoms with Crippen molar-refractivity contribution >= 4 is 22.7 Å². The Kier molecular flexibility index (Phi) is 3.80. The number of hydrogen-bond donors (Lipinski definition) is 3. The Hall–Kier alpha value is -3.72. The minimum absolute atomic E-state index is 0.393. The van der Waals surface area contributed by atoms with Crippen LogP contribution in [0.15, 0.2) is 54.2 Å². The standard InChI is InChI=1S/C19H18N8O/c1-11-16(4-3-5-20-11)24-19-26-25-18(28-19)15-9-22-17-14(15)6-12(7-21-17)13-8-23-27(2)10-13/h3-10,18,25H,1-2H3,(H,21,22)(H,24,26). The number of aryl methyl sites for hydroxylation is 2. The second-order valence-corrected chi connectivity index (χ2v) is 6.56. The smallest absolute Gasteiger partial charge is 0.306 e. The van der Waals surface area contributed by atoms with E-state index < -0.39 is 6.23 Å². The molecule has 3 N–H and O–H groups in total.